The summed E-state index contributed by atoms with van der Waals surface area (Å²) in [7, 11) is 3.99. The van der Waals surface area contributed by atoms with Gasteiger partial charge in [0.1, 0.15) is 17.2 Å². The lowest BCUT2D eigenvalue weighted by Gasteiger charge is -2.34. The number of halogens is 2. The highest BCUT2D eigenvalue weighted by atomic mass is 19.1. The lowest BCUT2D eigenvalue weighted by atomic mass is 9.79. The summed E-state index contributed by atoms with van der Waals surface area (Å²) in [5, 5.41) is 9.40. The number of nitrogen functional groups attached to an aromatic ring is 1. The van der Waals surface area contributed by atoms with Gasteiger partial charge in [-0.3, -0.25) is 4.79 Å². The normalized spacial score (nSPS) is 18.9. The Labute approximate surface area is 183 Å². The highest BCUT2D eigenvalue weighted by Gasteiger charge is 2.30. The minimum Gasteiger partial charge on any atom is -0.477 e. The fourth-order valence-corrected chi connectivity index (χ4v) is 4.77. The molecule has 3 aromatic rings. The van der Waals surface area contributed by atoms with Crippen molar-refractivity contribution in [2.75, 3.05) is 19.8 Å². The van der Waals surface area contributed by atoms with Crippen LogP contribution in [0.3, 0.4) is 0 Å². The van der Waals surface area contributed by atoms with Crippen LogP contribution >= 0.6 is 0 Å². The van der Waals surface area contributed by atoms with Crippen LogP contribution in [0.2, 0.25) is 0 Å². The number of benzene rings is 2. The maximum Gasteiger partial charge on any atom is 0.341 e. The van der Waals surface area contributed by atoms with Crippen molar-refractivity contribution in [2.45, 2.75) is 37.6 Å². The molecule has 0 saturated heterocycles. The summed E-state index contributed by atoms with van der Waals surface area (Å²) in [6.45, 7) is 0. The smallest absolute Gasteiger partial charge is 0.341 e. The van der Waals surface area contributed by atoms with Gasteiger partial charge < -0.3 is 20.3 Å². The van der Waals surface area contributed by atoms with Crippen molar-refractivity contribution in [1.29, 1.82) is 0 Å². The number of rotatable bonds is 4. The molecule has 6 nitrogen and oxygen atoms in total. The summed E-state index contributed by atoms with van der Waals surface area (Å²) in [6, 6.07) is 6.74. The first kappa shape index (κ1) is 22.0. The monoisotopic (exact) mass is 441 g/mol. The predicted octanol–water partition coefficient (Wildman–Crippen LogP) is 4.14. The topological polar surface area (TPSA) is 88.6 Å². The molecule has 0 amide bonds. The molecule has 0 spiro atoms. The third-order valence-corrected chi connectivity index (χ3v) is 6.44. The van der Waals surface area contributed by atoms with E-state index in [1.807, 2.05) is 14.1 Å². The Morgan fingerprint density at radius 3 is 2.50 bits per heavy atom. The SMILES string of the molecule is CN(C)C1CCCC(c2c(F)cc3c(=O)c(C(=O)O)cn(-c4ccc(F)cc4)c3c2N)C1. The van der Waals surface area contributed by atoms with Crippen molar-refractivity contribution >= 4 is 22.6 Å². The number of nitrogens with zero attached hydrogens (tertiary/aromatic N) is 2. The number of anilines is 1. The second-order valence-electron chi connectivity index (χ2n) is 8.59. The molecule has 2 aromatic carbocycles. The Balaban J connectivity index is 2.01. The van der Waals surface area contributed by atoms with Crippen molar-refractivity contribution in [3.05, 3.63) is 69.5 Å². The van der Waals surface area contributed by atoms with Gasteiger partial charge in [0.05, 0.1) is 16.6 Å². The number of hydrogen-bond donors (Lipinski definition) is 2. The van der Waals surface area contributed by atoms with E-state index in [4.69, 9.17) is 5.73 Å². The third kappa shape index (κ3) is 3.75. The second kappa shape index (κ2) is 8.35. The molecule has 1 fully saturated rings. The number of pyridine rings is 1. The van der Waals surface area contributed by atoms with Gasteiger partial charge in [-0.2, -0.15) is 0 Å². The van der Waals surface area contributed by atoms with Crippen LogP contribution in [0.15, 0.2) is 41.3 Å². The minimum absolute atomic E-state index is 0.114. The van der Waals surface area contributed by atoms with Crippen LogP contribution in [0, 0.1) is 11.6 Å². The summed E-state index contributed by atoms with van der Waals surface area (Å²) in [5.41, 5.74) is 6.29. The Morgan fingerprint density at radius 1 is 1.19 bits per heavy atom. The van der Waals surface area contributed by atoms with Crippen LogP contribution in [0.4, 0.5) is 14.5 Å². The van der Waals surface area contributed by atoms with E-state index in [1.165, 1.54) is 35.0 Å². The molecule has 1 aromatic heterocycles. The van der Waals surface area contributed by atoms with Gasteiger partial charge in [0.25, 0.3) is 0 Å². The van der Waals surface area contributed by atoms with Crippen LogP contribution in [-0.4, -0.2) is 40.7 Å². The zero-order valence-electron chi connectivity index (χ0n) is 17.9. The summed E-state index contributed by atoms with van der Waals surface area (Å²) in [4.78, 5) is 26.7. The zero-order chi connectivity index (χ0) is 23.2. The molecule has 2 unspecified atom stereocenters. The second-order valence-corrected chi connectivity index (χ2v) is 8.59. The van der Waals surface area contributed by atoms with Crippen molar-refractivity contribution in [3.8, 4) is 5.69 Å². The lowest BCUT2D eigenvalue weighted by Crippen LogP contribution is -2.33. The van der Waals surface area contributed by atoms with Gasteiger partial charge >= 0.3 is 5.97 Å². The van der Waals surface area contributed by atoms with Gasteiger partial charge in [0.15, 0.2) is 0 Å². The number of carboxylic acid groups (broad SMARTS) is 1. The minimum atomic E-state index is -1.43. The standard InChI is InChI=1S/C24H25F2N3O3/c1-28(2)16-5-3-4-13(10-16)20-19(26)11-17-22(21(20)27)29(12-18(23(17)30)24(31)32)15-8-6-14(25)7-9-15/h6-9,11-13,16H,3-5,10,27H2,1-2H3,(H,31,32). The molecule has 1 aliphatic rings. The van der Waals surface area contributed by atoms with Crippen LogP contribution < -0.4 is 11.2 Å². The zero-order valence-corrected chi connectivity index (χ0v) is 17.9. The molecule has 3 N–H and O–H groups in total. The maximum atomic E-state index is 15.4. The van der Waals surface area contributed by atoms with Gasteiger partial charge in [0.2, 0.25) is 5.43 Å². The van der Waals surface area contributed by atoms with Gasteiger partial charge in [-0.25, -0.2) is 13.6 Å². The van der Waals surface area contributed by atoms with E-state index >= 15 is 4.39 Å². The van der Waals surface area contributed by atoms with Crippen LogP contribution in [0.1, 0.15) is 47.5 Å². The predicted molar refractivity (Wildman–Crippen MR) is 120 cm³/mol. The van der Waals surface area contributed by atoms with E-state index in [1.54, 1.807) is 0 Å². The highest BCUT2D eigenvalue weighted by Crippen LogP contribution is 2.41. The average molecular weight is 441 g/mol. The molecule has 32 heavy (non-hydrogen) atoms. The molecule has 1 saturated carbocycles. The number of nitrogens with two attached hydrogens (primary N) is 1. The van der Waals surface area contributed by atoms with Crippen molar-refractivity contribution in [3.63, 3.8) is 0 Å². The van der Waals surface area contributed by atoms with Gasteiger partial charge in [-0.05, 0) is 69.6 Å². The van der Waals surface area contributed by atoms with E-state index in [0.717, 1.165) is 31.7 Å². The Morgan fingerprint density at radius 2 is 1.88 bits per heavy atom. The van der Waals surface area contributed by atoms with Gasteiger partial charge in [-0.1, -0.05) is 6.42 Å². The maximum absolute atomic E-state index is 15.4. The van der Waals surface area contributed by atoms with Crippen LogP contribution in [0.25, 0.3) is 16.6 Å². The average Bonchev–Trinajstić information content (AvgIpc) is 2.75. The number of carboxylic acids is 1. The van der Waals surface area contributed by atoms with E-state index in [2.05, 4.69) is 4.90 Å². The summed E-state index contributed by atoms with van der Waals surface area (Å²) in [5.74, 6) is -2.63. The first-order chi connectivity index (χ1) is 15.2. The first-order valence-electron chi connectivity index (χ1n) is 10.5. The Kier molecular flexibility index (Phi) is 5.73. The number of hydrogen-bond acceptors (Lipinski definition) is 4. The van der Waals surface area contributed by atoms with Crippen molar-refractivity contribution in [2.24, 2.45) is 0 Å². The molecule has 0 radical (unpaired) electrons. The summed E-state index contributed by atoms with van der Waals surface area (Å²) in [6.07, 6.45) is 4.61. The quantitative estimate of drug-likeness (QED) is 0.594. The summed E-state index contributed by atoms with van der Waals surface area (Å²) < 4.78 is 30.3. The van der Waals surface area contributed by atoms with Gasteiger partial charge in [-0.15, -0.1) is 0 Å². The molecule has 168 valence electrons. The van der Waals surface area contributed by atoms with Crippen LogP contribution in [0.5, 0.6) is 0 Å². The van der Waals surface area contributed by atoms with E-state index < -0.39 is 28.6 Å². The van der Waals surface area contributed by atoms with Crippen molar-refractivity contribution in [1.82, 2.24) is 9.47 Å². The van der Waals surface area contributed by atoms with E-state index in [9.17, 15) is 19.1 Å². The van der Waals surface area contributed by atoms with Gasteiger partial charge in [0, 0.05) is 23.5 Å². The molecule has 1 aliphatic carbocycles. The molecule has 0 aliphatic heterocycles. The van der Waals surface area contributed by atoms with E-state index in [-0.39, 0.29) is 28.6 Å². The Bertz CT molecular complexity index is 1250. The number of fused-ring (bicyclic) bond motifs is 1. The number of aromatic carboxylic acids is 1. The largest absolute Gasteiger partial charge is 0.477 e. The Hall–Kier alpha value is -3.26. The molecule has 2 atom stereocenters. The van der Waals surface area contributed by atoms with E-state index in [0.29, 0.717) is 11.3 Å². The summed E-state index contributed by atoms with van der Waals surface area (Å²) >= 11 is 0. The number of aromatic nitrogens is 1. The van der Waals surface area contributed by atoms with Crippen LogP contribution in [-0.2, 0) is 0 Å². The molecule has 4 rings (SSSR count). The third-order valence-electron chi connectivity index (χ3n) is 6.44. The number of carbonyl (C=O) groups is 1. The molecule has 0 bridgehead atoms. The lowest BCUT2D eigenvalue weighted by molar-refractivity contribution is 0.0695. The fourth-order valence-electron chi connectivity index (χ4n) is 4.77. The highest BCUT2D eigenvalue weighted by molar-refractivity contribution is 5.98. The fraction of sp³-hybridized carbons (Fsp3) is 0.333. The first-order valence-corrected chi connectivity index (χ1v) is 10.5. The molecule has 1 heterocycles. The molecular formula is C24H25F2N3O3. The van der Waals surface area contributed by atoms with Crippen molar-refractivity contribution < 1.29 is 18.7 Å². The molecule has 8 heteroatoms. The molecular weight excluding hydrogens is 416 g/mol.